The summed E-state index contributed by atoms with van der Waals surface area (Å²) in [4.78, 5) is 17.2. The quantitative estimate of drug-likeness (QED) is 0.579. The molecule has 1 amide bonds. The largest absolute Gasteiger partial charge is 0.497 e. The van der Waals surface area contributed by atoms with E-state index in [0.29, 0.717) is 11.4 Å². The topological polar surface area (TPSA) is 93.5 Å². The monoisotopic (exact) mass is 442 g/mol. The number of nitrogens with one attached hydrogen (secondary N) is 1. The second-order valence-electron chi connectivity index (χ2n) is 7.12. The van der Waals surface area contributed by atoms with Gasteiger partial charge < -0.3 is 14.6 Å². The van der Waals surface area contributed by atoms with Crippen LogP contribution in [0.15, 0.2) is 60.9 Å². The second kappa shape index (κ2) is 9.22. The van der Waals surface area contributed by atoms with Gasteiger partial charge in [-0.25, -0.2) is 13.4 Å². The molecular formula is C22H26N4O4S. The van der Waals surface area contributed by atoms with Crippen molar-refractivity contribution < 1.29 is 17.9 Å². The van der Waals surface area contributed by atoms with Gasteiger partial charge in [0, 0.05) is 18.9 Å². The first-order chi connectivity index (χ1) is 14.7. The number of anilines is 1. The van der Waals surface area contributed by atoms with Crippen LogP contribution in [0.5, 0.6) is 5.75 Å². The molecule has 2 aromatic carbocycles. The Balaban J connectivity index is 1.80. The maximum absolute atomic E-state index is 12.9. The van der Waals surface area contributed by atoms with E-state index < -0.39 is 22.0 Å². The summed E-state index contributed by atoms with van der Waals surface area (Å²) in [6, 6.07) is 13.3. The number of aryl methyl sites for hydroxylation is 1. The zero-order chi connectivity index (χ0) is 22.6. The number of rotatable bonds is 8. The molecule has 31 heavy (non-hydrogen) atoms. The first kappa shape index (κ1) is 22.4. The van der Waals surface area contributed by atoms with Crippen molar-refractivity contribution in [3.05, 3.63) is 72.3 Å². The van der Waals surface area contributed by atoms with Gasteiger partial charge in [0.2, 0.25) is 15.9 Å². The Morgan fingerprint density at radius 3 is 2.45 bits per heavy atom. The van der Waals surface area contributed by atoms with Gasteiger partial charge >= 0.3 is 0 Å². The van der Waals surface area contributed by atoms with Gasteiger partial charge in [-0.15, -0.1) is 0 Å². The number of aromatic nitrogens is 2. The van der Waals surface area contributed by atoms with Gasteiger partial charge in [-0.05, 0) is 49.7 Å². The van der Waals surface area contributed by atoms with Gasteiger partial charge in [0.15, 0.2) is 0 Å². The standard InChI is InChI=1S/C22H26N4O4S/c1-16(26(31(4,28)29)19-9-11-20(30-3)12-10-19)22(27)24-15-18-7-5-6-8-21(18)25-14-13-23-17(25)2/h5-14,16H,15H2,1-4H3,(H,24,27). The summed E-state index contributed by atoms with van der Waals surface area (Å²) in [5.41, 5.74) is 2.18. The number of para-hydroxylation sites is 1. The average molecular weight is 443 g/mol. The van der Waals surface area contributed by atoms with Crippen LogP contribution in [0.3, 0.4) is 0 Å². The third-order valence-corrected chi connectivity index (χ3v) is 6.19. The molecule has 0 radical (unpaired) electrons. The van der Waals surface area contributed by atoms with Gasteiger partial charge in [-0.1, -0.05) is 18.2 Å². The van der Waals surface area contributed by atoms with Crippen LogP contribution in [0.4, 0.5) is 5.69 Å². The molecule has 8 nitrogen and oxygen atoms in total. The normalized spacial score (nSPS) is 12.3. The summed E-state index contributed by atoms with van der Waals surface area (Å²) >= 11 is 0. The van der Waals surface area contributed by atoms with E-state index >= 15 is 0 Å². The van der Waals surface area contributed by atoms with Crippen molar-refractivity contribution in [3.63, 3.8) is 0 Å². The smallest absolute Gasteiger partial charge is 0.243 e. The average Bonchev–Trinajstić information content (AvgIpc) is 3.17. The first-order valence-corrected chi connectivity index (χ1v) is 11.6. The van der Waals surface area contributed by atoms with Gasteiger partial charge in [0.1, 0.15) is 17.6 Å². The summed E-state index contributed by atoms with van der Waals surface area (Å²) in [5, 5.41) is 2.86. The summed E-state index contributed by atoms with van der Waals surface area (Å²) in [6.45, 7) is 3.71. The molecule has 1 aromatic heterocycles. The number of ether oxygens (including phenoxy) is 1. The molecule has 164 valence electrons. The molecular weight excluding hydrogens is 416 g/mol. The van der Waals surface area contributed by atoms with Crippen molar-refractivity contribution in [2.45, 2.75) is 26.4 Å². The lowest BCUT2D eigenvalue weighted by Crippen LogP contribution is -2.47. The fourth-order valence-electron chi connectivity index (χ4n) is 3.40. The van der Waals surface area contributed by atoms with E-state index in [1.807, 2.05) is 42.0 Å². The molecule has 0 aliphatic carbocycles. The fourth-order valence-corrected chi connectivity index (χ4v) is 4.57. The summed E-state index contributed by atoms with van der Waals surface area (Å²) in [7, 11) is -2.16. The predicted molar refractivity (Wildman–Crippen MR) is 120 cm³/mol. The predicted octanol–water partition coefficient (Wildman–Crippen LogP) is 2.66. The molecule has 0 fully saturated rings. The lowest BCUT2D eigenvalue weighted by atomic mass is 10.1. The zero-order valence-electron chi connectivity index (χ0n) is 17.9. The van der Waals surface area contributed by atoms with Crippen LogP contribution < -0.4 is 14.4 Å². The molecule has 0 saturated carbocycles. The number of methoxy groups -OCH3 is 1. The molecule has 0 spiro atoms. The molecule has 3 rings (SSSR count). The van der Waals surface area contributed by atoms with Gasteiger partial charge in [-0.3, -0.25) is 9.10 Å². The number of carbonyl (C=O) groups is 1. The maximum Gasteiger partial charge on any atom is 0.243 e. The molecule has 0 bridgehead atoms. The number of benzene rings is 2. The van der Waals surface area contributed by atoms with E-state index in [1.54, 1.807) is 37.4 Å². The van der Waals surface area contributed by atoms with Gasteiger partial charge in [0.25, 0.3) is 0 Å². The highest BCUT2D eigenvalue weighted by atomic mass is 32.2. The van der Waals surface area contributed by atoms with E-state index in [2.05, 4.69) is 10.3 Å². The van der Waals surface area contributed by atoms with Crippen molar-refractivity contribution in [3.8, 4) is 11.4 Å². The Bertz CT molecular complexity index is 1160. The van der Waals surface area contributed by atoms with Crippen LogP contribution in [0.1, 0.15) is 18.3 Å². The fraction of sp³-hybridized carbons (Fsp3) is 0.273. The minimum absolute atomic E-state index is 0.247. The Morgan fingerprint density at radius 1 is 1.19 bits per heavy atom. The Kier molecular flexibility index (Phi) is 6.65. The first-order valence-electron chi connectivity index (χ1n) is 9.71. The second-order valence-corrected chi connectivity index (χ2v) is 8.98. The molecule has 1 N–H and O–H groups in total. The molecule has 9 heteroatoms. The maximum atomic E-state index is 12.9. The van der Waals surface area contributed by atoms with Gasteiger partial charge in [0.05, 0.1) is 24.7 Å². The number of sulfonamides is 1. The SMILES string of the molecule is COc1ccc(N(C(C)C(=O)NCc2ccccc2-n2ccnc2C)S(C)(=O)=O)cc1. The molecule has 0 saturated heterocycles. The van der Waals surface area contributed by atoms with Crippen molar-refractivity contribution in [1.82, 2.24) is 14.9 Å². The van der Waals surface area contributed by atoms with Crippen molar-refractivity contribution >= 4 is 21.6 Å². The van der Waals surface area contributed by atoms with Crippen LogP contribution in [-0.2, 0) is 21.4 Å². The Morgan fingerprint density at radius 2 is 1.87 bits per heavy atom. The zero-order valence-corrected chi connectivity index (χ0v) is 18.8. The highest BCUT2D eigenvalue weighted by Gasteiger charge is 2.29. The number of nitrogens with zero attached hydrogens (tertiary/aromatic N) is 3. The Labute approximate surface area is 182 Å². The number of hydrogen-bond donors (Lipinski definition) is 1. The molecule has 1 atom stereocenters. The molecule has 0 aliphatic rings. The third kappa shape index (κ3) is 5.05. The van der Waals surface area contributed by atoms with Crippen LogP contribution in [0.25, 0.3) is 5.69 Å². The van der Waals surface area contributed by atoms with Crippen LogP contribution >= 0.6 is 0 Å². The van der Waals surface area contributed by atoms with Crippen molar-refractivity contribution in [2.24, 2.45) is 0 Å². The number of hydrogen-bond acceptors (Lipinski definition) is 5. The molecule has 1 heterocycles. The van der Waals surface area contributed by atoms with Crippen LogP contribution in [0, 0.1) is 6.92 Å². The highest BCUT2D eigenvalue weighted by Crippen LogP contribution is 2.24. The molecule has 3 aromatic rings. The highest BCUT2D eigenvalue weighted by molar-refractivity contribution is 7.92. The number of amides is 1. The summed E-state index contributed by atoms with van der Waals surface area (Å²) in [5.74, 6) is 1.02. The lowest BCUT2D eigenvalue weighted by molar-refractivity contribution is -0.122. The van der Waals surface area contributed by atoms with Crippen molar-refractivity contribution in [1.29, 1.82) is 0 Å². The minimum atomic E-state index is -3.69. The number of imidazole rings is 1. The minimum Gasteiger partial charge on any atom is -0.497 e. The Hall–Kier alpha value is -3.33. The third-order valence-electron chi connectivity index (χ3n) is 4.95. The van der Waals surface area contributed by atoms with Crippen LogP contribution in [0.2, 0.25) is 0 Å². The van der Waals surface area contributed by atoms with Crippen molar-refractivity contribution in [2.75, 3.05) is 17.7 Å². The van der Waals surface area contributed by atoms with E-state index in [9.17, 15) is 13.2 Å². The lowest BCUT2D eigenvalue weighted by Gasteiger charge is -2.28. The van der Waals surface area contributed by atoms with E-state index in [4.69, 9.17) is 4.74 Å². The van der Waals surface area contributed by atoms with Gasteiger partial charge in [-0.2, -0.15) is 0 Å². The summed E-state index contributed by atoms with van der Waals surface area (Å²) < 4.78 is 33.1. The molecule has 0 aliphatic heterocycles. The van der Waals surface area contributed by atoms with E-state index in [-0.39, 0.29) is 6.54 Å². The van der Waals surface area contributed by atoms with E-state index in [1.165, 1.54) is 7.11 Å². The van der Waals surface area contributed by atoms with Crippen LogP contribution in [-0.4, -0.2) is 43.3 Å². The van der Waals surface area contributed by atoms with E-state index in [0.717, 1.165) is 27.6 Å². The molecule has 1 unspecified atom stereocenters. The number of carbonyl (C=O) groups excluding carboxylic acids is 1. The summed E-state index contributed by atoms with van der Waals surface area (Å²) in [6.07, 6.45) is 4.65.